The molecule has 0 amide bonds. The van der Waals surface area contributed by atoms with Crippen molar-refractivity contribution in [3.05, 3.63) is 120 Å². The van der Waals surface area contributed by atoms with Crippen LogP contribution in [0.25, 0.3) is 11.8 Å². The fraction of sp³-hybridized carbons (Fsp3) is 0.194. The number of fused-ring (bicyclic) bond motifs is 3. The minimum absolute atomic E-state index is 0.136. The van der Waals surface area contributed by atoms with Gasteiger partial charge < -0.3 is 14.2 Å². The number of nitrogens with zero attached hydrogens (tertiary/aromatic N) is 2. The van der Waals surface area contributed by atoms with Crippen molar-refractivity contribution in [3.63, 3.8) is 0 Å². The average molecular weight is 539 g/mol. The molecule has 0 spiro atoms. The molecule has 0 N–H and O–H groups in total. The molecule has 1 atom stereocenters. The number of allylic oxidation sites excluding steroid dienone is 1. The quantitative estimate of drug-likeness (QED) is 0.348. The van der Waals surface area contributed by atoms with Crippen molar-refractivity contribution in [2.24, 2.45) is 4.99 Å². The summed E-state index contributed by atoms with van der Waals surface area (Å²) in [5, 5.41) is 0. The Kier molecular flexibility index (Phi) is 6.62. The number of benzene rings is 3. The van der Waals surface area contributed by atoms with Gasteiger partial charge >= 0.3 is 5.97 Å². The summed E-state index contributed by atoms with van der Waals surface area (Å²) in [4.78, 5) is 31.4. The maximum atomic E-state index is 14.0. The van der Waals surface area contributed by atoms with Gasteiger partial charge in [0.05, 0.1) is 30.5 Å². The highest BCUT2D eigenvalue weighted by atomic mass is 32.1. The third kappa shape index (κ3) is 4.46. The fourth-order valence-electron chi connectivity index (χ4n) is 5.26. The average Bonchev–Trinajstić information content (AvgIpc) is 3.29. The van der Waals surface area contributed by atoms with Crippen molar-refractivity contribution in [3.8, 4) is 11.5 Å². The molecule has 3 aromatic carbocycles. The highest BCUT2D eigenvalue weighted by Gasteiger charge is 2.34. The first-order valence-electron chi connectivity index (χ1n) is 12.6. The molecule has 1 aromatic heterocycles. The van der Waals surface area contributed by atoms with Crippen LogP contribution < -0.4 is 24.4 Å². The Morgan fingerprint density at radius 2 is 1.74 bits per heavy atom. The van der Waals surface area contributed by atoms with Gasteiger partial charge in [0.2, 0.25) is 0 Å². The lowest BCUT2D eigenvalue weighted by molar-refractivity contribution is -0.142. The van der Waals surface area contributed by atoms with E-state index in [9.17, 15) is 9.59 Å². The molecule has 7 nitrogen and oxygen atoms in total. The number of para-hydroxylation sites is 2. The molecule has 4 aromatic rings. The first-order chi connectivity index (χ1) is 19.1. The molecule has 196 valence electrons. The van der Waals surface area contributed by atoms with E-state index >= 15 is 0 Å². The highest BCUT2D eigenvalue weighted by Crippen LogP contribution is 2.43. The second kappa shape index (κ2) is 10.4. The molecule has 1 aliphatic heterocycles. The number of carbonyl (C=O) groups excluding carboxylic acids is 1. The first-order valence-corrected chi connectivity index (χ1v) is 13.5. The van der Waals surface area contributed by atoms with E-state index < -0.39 is 5.97 Å². The molecule has 6 rings (SSSR count). The number of thiazole rings is 1. The van der Waals surface area contributed by atoms with Crippen molar-refractivity contribution in [2.75, 3.05) is 20.8 Å². The van der Waals surface area contributed by atoms with E-state index in [0.29, 0.717) is 20.6 Å². The lowest BCUT2D eigenvalue weighted by Gasteiger charge is -2.31. The van der Waals surface area contributed by atoms with Crippen LogP contribution in [0.5, 0.6) is 11.5 Å². The molecule has 1 unspecified atom stereocenters. The predicted molar refractivity (Wildman–Crippen MR) is 150 cm³/mol. The summed E-state index contributed by atoms with van der Waals surface area (Å²) in [6, 6.07) is 23.1. The number of hydrogen-bond donors (Lipinski definition) is 0. The number of hydrogen-bond acceptors (Lipinski definition) is 7. The Morgan fingerprint density at radius 1 is 1.00 bits per heavy atom. The van der Waals surface area contributed by atoms with Crippen LogP contribution in [0.1, 0.15) is 34.7 Å². The summed E-state index contributed by atoms with van der Waals surface area (Å²) >= 11 is 1.34. The van der Waals surface area contributed by atoms with Gasteiger partial charge in [-0.25, -0.2) is 9.79 Å². The van der Waals surface area contributed by atoms with Crippen LogP contribution in [0.2, 0.25) is 0 Å². The molecule has 2 heterocycles. The number of ether oxygens (including phenoxy) is 3. The second-order valence-electron chi connectivity index (χ2n) is 9.26. The van der Waals surface area contributed by atoms with Crippen molar-refractivity contribution < 1.29 is 19.0 Å². The molecule has 0 radical (unpaired) electrons. The summed E-state index contributed by atoms with van der Waals surface area (Å²) in [7, 11) is 2.97. The molecule has 8 heteroatoms. The summed E-state index contributed by atoms with van der Waals surface area (Å²) in [5.74, 6) is 0.737. The largest absolute Gasteiger partial charge is 0.496 e. The fourth-order valence-corrected chi connectivity index (χ4v) is 6.25. The Hall–Kier alpha value is -4.43. The lowest BCUT2D eigenvalue weighted by Crippen LogP contribution is -2.39. The van der Waals surface area contributed by atoms with Gasteiger partial charge in [-0.1, -0.05) is 72.0 Å². The molecule has 0 bridgehead atoms. The summed E-state index contributed by atoms with van der Waals surface area (Å²) in [6.45, 7) is -0.220. The number of rotatable bonds is 6. The van der Waals surface area contributed by atoms with Gasteiger partial charge in [0.15, 0.2) is 11.4 Å². The van der Waals surface area contributed by atoms with E-state index in [1.165, 1.54) is 24.0 Å². The molecule has 1 aliphatic carbocycles. The van der Waals surface area contributed by atoms with Crippen LogP contribution in [0.15, 0.2) is 88.2 Å². The van der Waals surface area contributed by atoms with Gasteiger partial charge in [0.25, 0.3) is 5.56 Å². The molecule has 0 fully saturated rings. The van der Waals surface area contributed by atoms with Crippen LogP contribution in [0.3, 0.4) is 0 Å². The van der Waals surface area contributed by atoms with Gasteiger partial charge in [0, 0.05) is 16.7 Å². The number of esters is 1. The Labute approximate surface area is 228 Å². The smallest absolute Gasteiger partial charge is 0.343 e. The third-order valence-electron chi connectivity index (χ3n) is 7.09. The Morgan fingerprint density at radius 3 is 2.56 bits per heavy atom. The zero-order valence-electron chi connectivity index (χ0n) is 21.5. The van der Waals surface area contributed by atoms with Crippen LogP contribution in [0.4, 0.5) is 0 Å². The number of methoxy groups -OCH3 is 2. The zero-order chi connectivity index (χ0) is 26.9. The molecular formula is C31H26N2O5S. The van der Waals surface area contributed by atoms with E-state index in [2.05, 4.69) is 18.2 Å². The monoisotopic (exact) mass is 538 g/mol. The topological polar surface area (TPSA) is 79.1 Å². The summed E-state index contributed by atoms with van der Waals surface area (Å²) in [5.41, 5.74) is 5.89. The maximum Gasteiger partial charge on any atom is 0.343 e. The third-order valence-corrected chi connectivity index (χ3v) is 8.07. The van der Waals surface area contributed by atoms with Gasteiger partial charge in [-0.15, -0.1) is 0 Å². The molecule has 2 aliphatic rings. The van der Waals surface area contributed by atoms with E-state index in [4.69, 9.17) is 19.2 Å². The van der Waals surface area contributed by atoms with Crippen LogP contribution in [0, 0.1) is 0 Å². The van der Waals surface area contributed by atoms with Crippen LogP contribution >= 0.6 is 11.3 Å². The Bertz CT molecular complexity index is 1800. The van der Waals surface area contributed by atoms with E-state index in [0.717, 1.165) is 41.0 Å². The first kappa shape index (κ1) is 24.9. The number of aromatic nitrogens is 1. The van der Waals surface area contributed by atoms with E-state index in [-0.39, 0.29) is 18.2 Å². The van der Waals surface area contributed by atoms with E-state index in [1.54, 1.807) is 23.8 Å². The number of aryl methyl sites for hydroxylation is 1. The van der Waals surface area contributed by atoms with Crippen molar-refractivity contribution in [1.82, 2.24) is 4.57 Å². The van der Waals surface area contributed by atoms with Gasteiger partial charge in [0.1, 0.15) is 11.5 Å². The maximum absolute atomic E-state index is 14.0. The predicted octanol–water partition coefficient (Wildman–Crippen LogP) is 3.88. The SMILES string of the molecule is COC(=O)COc1ccccc1C=c1sc2n(c1=O)C(c1ccccc1OC)C1=C(N=2)c2ccccc2CC1. The summed E-state index contributed by atoms with van der Waals surface area (Å²) in [6.07, 6.45) is 3.48. The van der Waals surface area contributed by atoms with Crippen molar-refractivity contribution >= 4 is 29.1 Å². The van der Waals surface area contributed by atoms with Gasteiger partial charge in [-0.3, -0.25) is 9.36 Å². The minimum atomic E-state index is -0.480. The normalized spacial score (nSPS) is 16.1. The van der Waals surface area contributed by atoms with Gasteiger partial charge in [-0.05, 0) is 42.2 Å². The molecular weight excluding hydrogens is 512 g/mol. The molecule has 39 heavy (non-hydrogen) atoms. The van der Waals surface area contributed by atoms with Crippen LogP contribution in [-0.4, -0.2) is 31.4 Å². The lowest BCUT2D eigenvalue weighted by atomic mass is 9.83. The number of carbonyl (C=O) groups is 1. The molecule has 0 saturated heterocycles. The van der Waals surface area contributed by atoms with Crippen LogP contribution in [-0.2, 0) is 16.0 Å². The van der Waals surface area contributed by atoms with Crippen molar-refractivity contribution in [2.45, 2.75) is 18.9 Å². The second-order valence-corrected chi connectivity index (χ2v) is 10.3. The summed E-state index contributed by atoms with van der Waals surface area (Å²) < 4.78 is 18.4. The Balaban J connectivity index is 1.56. The van der Waals surface area contributed by atoms with E-state index in [1.807, 2.05) is 48.5 Å². The molecule has 0 saturated carbocycles. The van der Waals surface area contributed by atoms with Crippen molar-refractivity contribution in [1.29, 1.82) is 0 Å². The standard InChI is InChI=1S/C31H26N2O5S/c1-36-25-14-8-6-12-22(25)29-23-16-15-19-9-3-5-11-21(19)28(23)32-31-33(29)30(35)26(39-31)17-20-10-4-7-13-24(20)38-18-27(34)37-2/h3-14,17,29H,15-16,18H2,1-2H3. The minimum Gasteiger partial charge on any atom is -0.496 e. The zero-order valence-corrected chi connectivity index (χ0v) is 22.4. The van der Waals surface area contributed by atoms with Gasteiger partial charge in [-0.2, -0.15) is 0 Å². The highest BCUT2D eigenvalue weighted by molar-refractivity contribution is 7.07.